The summed E-state index contributed by atoms with van der Waals surface area (Å²) in [6, 6.07) is 3.04. The Balaban J connectivity index is 2.32. The number of aromatic nitrogens is 2. The first kappa shape index (κ1) is 13.6. The van der Waals surface area contributed by atoms with E-state index in [-0.39, 0.29) is 17.5 Å². The van der Waals surface area contributed by atoms with Gasteiger partial charge < -0.3 is 9.73 Å². The van der Waals surface area contributed by atoms with Gasteiger partial charge in [-0.3, -0.25) is 0 Å². The molecule has 1 heterocycles. The molecule has 2 aromatic rings. The minimum absolute atomic E-state index is 0.0108. The molecule has 1 N–H and O–H groups in total. The second-order valence-corrected chi connectivity index (χ2v) is 4.09. The number of nitrogens with zero attached hydrogens (tertiary/aromatic N) is 2. The Bertz CT molecular complexity index is 557. The molecule has 0 bridgehead atoms. The molecule has 0 radical (unpaired) electrons. The molecule has 1 aromatic heterocycles. The standard InChI is InChI=1S/C13H15F2N3O/c1-3-11(16-4-2)13-18-17-12(19-13)9-7-8(14)5-6-10(9)15/h5-7,11,16H,3-4H2,1-2H3. The van der Waals surface area contributed by atoms with Gasteiger partial charge in [-0.05, 0) is 31.2 Å². The van der Waals surface area contributed by atoms with E-state index < -0.39 is 11.6 Å². The van der Waals surface area contributed by atoms with Crippen LogP contribution >= 0.6 is 0 Å². The van der Waals surface area contributed by atoms with Crippen molar-refractivity contribution in [1.29, 1.82) is 0 Å². The molecule has 0 saturated carbocycles. The van der Waals surface area contributed by atoms with Crippen molar-refractivity contribution in [2.75, 3.05) is 6.54 Å². The number of rotatable bonds is 5. The molecular formula is C13H15F2N3O. The van der Waals surface area contributed by atoms with E-state index in [1.165, 1.54) is 0 Å². The van der Waals surface area contributed by atoms with Crippen LogP contribution in [-0.2, 0) is 0 Å². The van der Waals surface area contributed by atoms with Gasteiger partial charge in [-0.25, -0.2) is 8.78 Å². The Morgan fingerprint density at radius 3 is 2.74 bits per heavy atom. The monoisotopic (exact) mass is 267 g/mol. The summed E-state index contributed by atoms with van der Waals surface area (Å²) < 4.78 is 32.1. The summed E-state index contributed by atoms with van der Waals surface area (Å²) in [5.74, 6) is -0.769. The maximum absolute atomic E-state index is 13.6. The van der Waals surface area contributed by atoms with Gasteiger partial charge in [0, 0.05) is 0 Å². The molecule has 4 nitrogen and oxygen atoms in total. The average molecular weight is 267 g/mol. The van der Waals surface area contributed by atoms with Crippen LogP contribution in [0.15, 0.2) is 22.6 Å². The first-order chi connectivity index (χ1) is 9.15. The highest BCUT2D eigenvalue weighted by atomic mass is 19.1. The number of hydrogen-bond donors (Lipinski definition) is 1. The van der Waals surface area contributed by atoms with Gasteiger partial charge in [-0.15, -0.1) is 10.2 Å². The molecule has 1 aromatic carbocycles. The van der Waals surface area contributed by atoms with Crippen molar-refractivity contribution < 1.29 is 13.2 Å². The molecule has 2 rings (SSSR count). The SMILES string of the molecule is CCNC(CC)c1nnc(-c2cc(F)ccc2F)o1. The Hall–Kier alpha value is -1.82. The van der Waals surface area contributed by atoms with E-state index in [1.807, 2.05) is 13.8 Å². The van der Waals surface area contributed by atoms with Crippen LogP contribution in [0.5, 0.6) is 0 Å². The number of nitrogens with one attached hydrogen (secondary N) is 1. The summed E-state index contributed by atoms with van der Waals surface area (Å²) in [7, 11) is 0. The molecule has 0 saturated heterocycles. The van der Waals surface area contributed by atoms with Gasteiger partial charge >= 0.3 is 0 Å². The number of benzene rings is 1. The summed E-state index contributed by atoms with van der Waals surface area (Å²) in [5, 5.41) is 10.8. The van der Waals surface area contributed by atoms with Crippen LogP contribution < -0.4 is 5.32 Å². The molecule has 19 heavy (non-hydrogen) atoms. The maximum atomic E-state index is 13.6. The van der Waals surface area contributed by atoms with Crippen molar-refractivity contribution in [1.82, 2.24) is 15.5 Å². The third-order valence-corrected chi connectivity index (χ3v) is 2.76. The summed E-state index contributed by atoms with van der Waals surface area (Å²) in [6.07, 6.45) is 0.765. The van der Waals surface area contributed by atoms with Crippen LogP contribution in [0.4, 0.5) is 8.78 Å². The van der Waals surface area contributed by atoms with E-state index in [2.05, 4.69) is 15.5 Å². The molecule has 0 aliphatic rings. The predicted octanol–water partition coefficient (Wildman–Crippen LogP) is 3.08. The number of halogens is 2. The van der Waals surface area contributed by atoms with Crippen LogP contribution in [-0.4, -0.2) is 16.7 Å². The van der Waals surface area contributed by atoms with Gasteiger partial charge in [0.15, 0.2) is 0 Å². The van der Waals surface area contributed by atoms with Gasteiger partial charge in [-0.1, -0.05) is 13.8 Å². The average Bonchev–Trinajstić information content (AvgIpc) is 2.88. The molecule has 6 heteroatoms. The van der Waals surface area contributed by atoms with E-state index in [1.54, 1.807) is 0 Å². The molecule has 0 fully saturated rings. The Morgan fingerprint density at radius 1 is 1.26 bits per heavy atom. The van der Waals surface area contributed by atoms with Crippen LogP contribution in [0.2, 0.25) is 0 Å². The lowest BCUT2D eigenvalue weighted by molar-refractivity contribution is 0.401. The van der Waals surface area contributed by atoms with Crippen LogP contribution in [0.3, 0.4) is 0 Å². The largest absolute Gasteiger partial charge is 0.419 e. The van der Waals surface area contributed by atoms with Crippen molar-refractivity contribution in [3.63, 3.8) is 0 Å². The third kappa shape index (κ3) is 2.96. The normalized spacial score (nSPS) is 12.6. The predicted molar refractivity (Wildman–Crippen MR) is 66.4 cm³/mol. The lowest BCUT2D eigenvalue weighted by atomic mass is 10.2. The van der Waals surface area contributed by atoms with Crippen molar-refractivity contribution in [2.24, 2.45) is 0 Å². The zero-order valence-corrected chi connectivity index (χ0v) is 10.8. The minimum Gasteiger partial charge on any atom is -0.419 e. The molecule has 0 aliphatic carbocycles. The molecule has 1 unspecified atom stereocenters. The highest BCUT2D eigenvalue weighted by molar-refractivity contribution is 5.53. The second-order valence-electron chi connectivity index (χ2n) is 4.09. The zero-order valence-electron chi connectivity index (χ0n) is 10.8. The van der Waals surface area contributed by atoms with Crippen molar-refractivity contribution in [3.05, 3.63) is 35.7 Å². The summed E-state index contributed by atoms with van der Waals surface area (Å²) in [4.78, 5) is 0. The zero-order chi connectivity index (χ0) is 13.8. The third-order valence-electron chi connectivity index (χ3n) is 2.76. The molecule has 1 atom stereocenters. The van der Waals surface area contributed by atoms with Crippen LogP contribution in [0.25, 0.3) is 11.5 Å². The molecule has 0 amide bonds. The topological polar surface area (TPSA) is 51.0 Å². The second kappa shape index (κ2) is 5.88. The lowest BCUT2D eigenvalue weighted by Crippen LogP contribution is -2.20. The Labute approximate surface area is 109 Å². The van der Waals surface area contributed by atoms with E-state index in [0.29, 0.717) is 5.89 Å². The summed E-state index contributed by atoms with van der Waals surface area (Å²) in [6.45, 7) is 4.69. The fraction of sp³-hybridized carbons (Fsp3) is 0.385. The van der Waals surface area contributed by atoms with E-state index in [0.717, 1.165) is 31.2 Å². The van der Waals surface area contributed by atoms with Gasteiger partial charge in [0.2, 0.25) is 5.89 Å². The first-order valence-corrected chi connectivity index (χ1v) is 6.17. The number of hydrogen-bond acceptors (Lipinski definition) is 4. The van der Waals surface area contributed by atoms with Gasteiger partial charge in [-0.2, -0.15) is 0 Å². The van der Waals surface area contributed by atoms with E-state index >= 15 is 0 Å². The Morgan fingerprint density at radius 2 is 2.05 bits per heavy atom. The molecular weight excluding hydrogens is 252 g/mol. The summed E-state index contributed by atoms with van der Waals surface area (Å²) in [5.41, 5.74) is -0.0231. The van der Waals surface area contributed by atoms with Crippen molar-refractivity contribution in [3.8, 4) is 11.5 Å². The summed E-state index contributed by atoms with van der Waals surface area (Å²) >= 11 is 0. The van der Waals surface area contributed by atoms with Gasteiger partial charge in [0.05, 0.1) is 11.6 Å². The lowest BCUT2D eigenvalue weighted by Gasteiger charge is -2.10. The quantitative estimate of drug-likeness (QED) is 0.904. The first-order valence-electron chi connectivity index (χ1n) is 6.17. The van der Waals surface area contributed by atoms with Gasteiger partial charge in [0.1, 0.15) is 11.6 Å². The molecule has 0 spiro atoms. The smallest absolute Gasteiger partial charge is 0.250 e. The van der Waals surface area contributed by atoms with Crippen molar-refractivity contribution in [2.45, 2.75) is 26.3 Å². The van der Waals surface area contributed by atoms with Crippen LogP contribution in [0, 0.1) is 11.6 Å². The van der Waals surface area contributed by atoms with Crippen molar-refractivity contribution >= 4 is 0 Å². The minimum atomic E-state index is -0.590. The fourth-order valence-corrected chi connectivity index (χ4v) is 1.80. The maximum Gasteiger partial charge on any atom is 0.250 e. The highest BCUT2D eigenvalue weighted by Crippen LogP contribution is 2.25. The molecule has 0 aliphatic heterocycles. The van der Waals surface area contributed by atoms with Crippen LogP contribution in [0.1, 0.15) is 32.2 Å². The van der Waals surface area contributed by atoms with Gasteiger partial charge in [0.25, 0.3) is 5.89 Å². The molecule has 102 valence electrons. The van der Waals surface area contributed by atoms with E-state index in [9.17, 15) is 8.78 Å². The van der Waals surface area contributed by atoms with E-state index in [4.69, 9.17) is 4.42 Å². The fourth-order valence-electron chi connectivity index (χ4n) is 1.80. The highest BCUT2D eigenvalue weighted by Gasteiger charge is 2.18. The Kier molecular flexibility index (Phi) is 4.21.